The van der Waals surface area contributed by atoms with Gasteiger partial charge in [0.05, 0.1) is 20.8 Å². The molecule has 25 heavy (non-hydrogen) atoms. The summed E-state index contributed by atoms with van der Waals surface area (Å²) in [4.78, 5) is 26.0. The first kappa shape index (κ1) is 20.6. The van der Waals surface area contributed by atoms with Crippen LogP contribution >= 0.6 is 0 Å². The molecule has 1 unspecified atom stereocenters. The summed E-state index contributed by atoms with van der Waals surface area (Å²) in [5.41, 5.74) is 0.845. The number of amides is 2. The molecule has 140 valence electrons. The van der Waals surface area contributed by atoms with Crippen molar-refractivity contribution in [3.05, 3.63) is 23.8 Å². The van der Waals surface area contributed by atoms with Gasteiger partial charge in [0.15, 0.2) is 0 Å². The second-order valence-electron chi connectivity index (χ2n) is 5.96. The van der Waals surface area contributed by atoms with Crippen molar-refractivity contribution in [3.8, 4) is 11.5 Å². The monoisotopic (exact) mass is 352 g/mol. The fourth-order valence-electron chi connectivity index (χ4n) is 2.37. The normalized spacial score (nSPS) is 11.6. The zero-order valence-electron chi connectivity index (χ0n) is 15.8. The Hall–Kier alpha value is -2.44. The summed E-state index contributed by atoms with van der Waals surface area (Å²) in [6.07, 6.45) is -0.593. The van der Waals surface area contributed by atoms with Gasteiger partial charge in [-0.2, -0.15) is 0 Å². The number of hydrogen-bond acceptors (Lipinski definition) is 5. The maximum Gasteiger partial charge on any atom is 0.407 e. The molecule has 0 bridgehead atoms. The van der Waals surface area contributed by atoms with Gasteiger partial charge in [0.25, 0.3) is 0 Å². The second kappa shape index (κ2) is 9.76. The molecule has 0 aliphatic heterocycles. The van der Waals surface area contributed by atoms with Gasteiger partial charge in [-0.05, 0) is 25.0 Å². The van der Waals surface area contributed by atoms with Gasteiger partial charge in [-0.1, -0.05) is 13.8 Å². The SMILES string of the molecule is CCOC(=O)NC(C(=O)N(C)Cc1ccc(OC)cc1OC)C(C)C. The van der Waals surface area contributed by atoms with Gasteiger partial charge in [-0.3, -0.25) is 4.79 Å². The molecule has 1 rings (SSSR count). The van der Waals surface area contributed by atoms with Gasteiger partial charge < -0.3 is 24.4 Å². The minimum Gasteiger partial charge on any atom is -0.497 e. The third kappa shape index (κ3) is 5.85. The van der Waals surface area contributed by atoms with Crippen LogP contribution in [0.5, 0.6) is 11.5 Å². The Balaban J connectivity index is 2.88. The van der Waals surface area contributed by atoms with Crippen LogP contribution in [0.15, 0.2) is 18.2 Å². The number of benzene rings is 1. The van der Waals surface area contributed by atoms with Gasteiger partial charge >= 0.3 is 6.09 Å². The molecule has 0 spiro atoms. The number of nitrogens with one attached hydrogen (secondary N) is 1. The lowest BCUT2D eigenvalue weighted by Crippen LogP contribution is -2.50. The molecule has 2 amide bonds. The molecule has 1 atom stereocenters. The fraction of sp³-hybridized carbons (Fsp3) is 0.556. The van der Waals surface area contributed by atoms with Crippen LogP contribution in [-0.4, -0.2) is 50.8 Å². The number of carbonyl (C=O) groups is 2. The van der Waals surface area contributed by atoms with Crippen LogP contribution in [0.2, 0.25) is 0 Å². The number of carbonyl (C=O) groups excluding carboxylic acids is 2. The first-order chi connectivity index (χ1) is 11.8. The highest BCUT2D eigenvalue weighted by Gasteiger charge is 2.28. The van der Waals surface area contributed by atoms with Crippen molar-refractivity contribution >= 4 is 12.0 Å². The molecular weight excluding hydrogens is 324 g/mol. The van der Waals surface area contributed by atoms with Gasteiger partial charge in [0.2, 0.25) is 5.91 Å². The quantitative estimate of drug-likeness (QED) is 0.777. The van der Waals surface area contributed by atoms with E-state index in [1.54, 1.807) is 39.2 Å². The van der Waals surface area contributed by atoms with Gasteiger partial charge in [0.1, 0.15) is 17.5 Å². The topological polar surface area (TPSA) is 77.1 Å². The van der Waals surface area contributed by atoms with Crippen molar-refractivity contribution in [1.29, 1.82) is 0 Å². The summed E-state index contributed by atoms with van der Waals surface area (Å²) in [6, 6.07) is 4.77. The highest BCUT2D eigenvalue weighted by atomic mass is 16.5. The third-order valence-corrected chi connectivity index (χ3v) is 3.76. The van der Waals surface area contributed by atoms with Crippen LogP contribution in [0, 0.1) is 5.92 Å². The van der Waals surface area contributed by atoms with Crippen molar-refractivity contribution in [2.24, 2.45) is 5.92 Å². The highest BCUT2D eigenvalue weighted by molar-refractivity contribution is 5.85. The van der Waals surface area contributed by atoms with Crippen LogP contribution < -0.4 is 14.8 Å². The average Bonchev–Trinajstić information content (AvgIpc) is 2.59. The van der Waals surface area contributed by atoms with Crippen molar-refractivity contribution < 1.29 is 23.8 Å². The molecule has 7 heteroatoms. The summed E-state index contributed by atoms with van der Waals surface area (Å²) in [5, 5.41) is 2.63. The van der Waals surface area contributed by atoms with E-state index in [1.165, 1.54) is 0 Å². The Kier molecular flexibility index (Phi) is 8.04. The number of alkyl carbamates (subject to hydrolysis) is 1. The molecular formula is C18H28N2O5. The zero-order chi connectivity index (χ0) is 19.0. The van der Waals surface area contributed by atoms with E-state index in [0.717, 1.165) is 5.56 Å². The standard InChI is InChI=1S/C18H28N2O5/c1-7-25-18(22)19-16(12(2)3)17(21)20(4)11-13-8-9-14(23-5)10-15(13)24-6/h8-10,12,16H,7,11H2,1-6H3,(H,19,22). The Morgan fingerprint density at radius 3 is 2.40 bits per heavy atom. The molecule has 0 heterocycles. The van der Waals surface area contributed by atoms with Crippen molar-refractivity contribution in [2.45, 2.75) is 33.4 Å². The fourth-order valence-corrected chi connectivity index (χ4v) is 2.37. The van der Waals surface area contributed by atoms with Crippen LogP contribution in [0.3, 0.4) is 0 Å². The molecule has 0 aromatic heterocycles. The predicted molar refractivity (Wildman–Crippen MR) is 94.8 cm³/mol. The summed E-state index contributed by atoms with van der Waals surface area (Å²) >= 11 is 0. The molecule has 0 fully saturated rings. The summed E-state index contributed by atoms with van der Waals surface area (Å²) in [6.45, 7) is 6.06. The Labute approximate surface area is 149 Å². The van der Waals surface area contributed by atoms with Crippen LogP contribution in [-0.2, 0) is 16.1 Å². The van der Waals surface area contributed by atoms with Crippen molar-refractivity contribution in [3.63, 3.8) is 0 Å². The first-order valence-electron chi connectivity index (χ1n) is 8.23. The highest BCUT2D eigenvalue weighted by Crippen LogP contribution is 2.25. The number of likely N-dealkylation sites (N-methyl/N-ethyl adjacent to an activating group) is 1. The van der Waals surface area contributed by atoms with Crippen LogP contribution in [0.4, 0.5) is 4.79 Å². The maximum atomic E-state index is 12.7. The van der Waals surface area contributed by atoms with E-state index in [1.807, 2.05) is 26.0 Å². The van der Waals surface area contributed by atoms with Gasteiger partial charge in [-0.15, -0.1) is 0 Å². The van der Waals surface area contributed by atoms with E-state index in [2.05, 4.69) is 5.32 Å². The molecule has 0 aliphatic rings. The summed E-state index contributed by atoms with van der Waals surface area (Å²) in [7, 11) is 4.84. The van der Waals surface area contributed by atoms with E-state index in [9.17, 15) is 9.59 Å². The number of ether oxygens (including phenoxy) is 3. The predicted octanol–water partition coefficient (Wildman–Crippen LogP) is 2.43. The lowest BCUT2D eigenvalue weighted by Gasteiger charge is -2.27. The molecule has 1 N–H and O–H groups in total. The smallest absolute Gasteiger partial charge is 0.407 e. The first-order valence-corrected chi connectivity index (χ1v) is 8.23. The van der Waals surface area contributed by atoms with Gasteiger partial charge in [-0.25, -0.2) is 4.79 Å². The third-order valence-electron chi connectivity index (χ3n) is 3.76. The van der Waals surface area contributed by atoms with Gasteiger partial charge in [0, 0.05) is 25.2 Å². The molecule has 0 saturated carbocycles. The van der Waals surface area contributed by atoms with E-state index >= 15 is 0 Å². The Bertz CT molecular complexity index is 589. The lowest BCUT2D eigenvalue weighted by atomic mass is 10.0. The lowest BCUT2D eigenvalue weighted by molar-refractivity contribution is -0.133. The van der Waals surface area contributed by atoms with Crippen molar-refractivity contribution in [1.82, 2.24) is 10.2 Å². The number of methoxy groups -OCH3 is 2. The van der Waals surface area contributed by atoms with Crippen molar-refractivity contribution in [2.75, 3.05) is 27.9 Å². The Morgan fingerprint density at radius 2 is 1.88 bits per heavy atom. The Morgan fingerprint density at radius 1 is 1.20 bits per heavy atom. The summed E-state index contributed by atoms with van der Waals surface area (Å²) in [5.74, 6) is 1.05. The largest absolute Gasteiger partial charge is 0.497 e. The van der Waals surface area contributed by atoms with E-state index < -0.39 is 12.1 Å². The minimum atomic E-state index is -0.659. The number of hydrogen-bond donors (Lipinski definition) is 1. The molecule has 1 aromatic rings. The molecule has 0 aliphatic carbocycles. The average molecular weight is 352 g/mol. The second-order valence-corrected chi connectivity index (χ2v) is 5.96. The van der Waals surface area contributed by atoms with E-state index in [4.69, 9.17) is 14.2 Å². The molecule has 0 saturated heterocycles. The van der Waals surface area contributed by atoms with E-state index in [-0.39, 0.29) is 18.4 Å². The number of rotatable bonds is 8. The maximum absolute atomic E-state index is 12.7. The minimum absolute atomic E-state index is 0.0721. The van der Waals surface area contributed by atoms with Crippen LogP contribution in [0.1, 0.15) is 26.3 Å². The molecule has 7 nitrogen and oxygen atoms in total. The molecule has 0 radical (unpaired) electrons. The zero-order valence-corrected chi connectivity index (χ0v) is 15.8. The summed E-state index contributed by atoms with van der Waals surface area (Å²) < 4.78 is 15.4. The number of nitrogens with zero attached hydrogens (tertiary/aromatic N) is 1. The molecule has 1 aromatic carbocycles. The van der Waals surface area contributed by atoms with Crippen LogP contribution in [0.25, 0.3) is 0 Å². The van der Waals surface area contributed by atoms with E-state index in [0.29, 0.717) is 18.0 Å².